The minimum absolute atomic E-state index is 0. The first-order chi connectivity index (χ1) is 10.3. The average molecular weight is 462 g/mol. The van der Waals surface area contributed by atoms with Gasteiger partial charge in [-0.3, -0.25) is 0 Å². The van der Waals surface area contributed by atoms with Crippen molar-refractivity contribution in [1.82, 2.24) is 4.98 Å². The van der Waals surface area contributed by atoms with Crippen molar-refractivity contribution >= 4 is 5.69 Å². The molecule has 1 heterocycles. The Balaban J connectivity index is 0.00000176. The fraction of sp³-hybridized carbons (Fsp3) is 0.0526. The zero-order chi connectivity index (χ0) is 14.7. The molecule has 0 atom stereocenters. The van der Waals surface area contributed by atoms with Crippen molar-refractivity contribution in [3.8, 4) is 22.4 Å². The number of pyridine rings is 1. The molecule has 3 heteroatoms. The van der Waals surface area contributed by atoms with Crippen LogP contribution in [0, 0.1) is 19.6 Å². The van der Waals surface area contributed by atoms with Crippen LogP contribution in [-0.4, -0.2) is 4.98 Å². The van der Waals surface area contributed by atoms with Crippen molar-refractivity contribution in [1.29, 1.82) is 0 Å². The molecular formula is C19H13IrN2-. The summed E-state index contributed by atoms with van der Waals surface area (Å²) in [5, 5.41) is 0. The number of aromatic nitrogens is 1. The van der Waals surface area contributed by atoms with Crippen LogP contribution in [0.4, 0.5) is 5.69 Å². The van der Waals surface area contributed by atoms with Crippen LogP contribution < -0.4 is 0 Å². The molecule has 2 nitrogen and oxygen atoms in total. The van der Waals surface area contributed by atoms with Crippen LogP contribution in [0.15, 0.2) is 60.8 Å². The van der Waals surface area contributed by atoms with Gasteiger partial charge in [0.25, 0.3) is 0 Å². The second-order valence-electron chi connectivity index (χ2n) is 4.82. The molecule has 1 aromatic heterocycles. The summed E-state index contributed by atoms with van der Waals surface area (Å²) in [7, 11) is 0. The molecule has 0 fully saturated rings. The molecule has 0 unspecified atom stereocenters. The van der Waals surface area contributed by atoms with E-state index in [1.807, 2.05) is 54.7 Å². The predicted octanol–water partition coefficient (Wildman–Crippen LogP) is 5.07. The summed E-state index contributed by atoms with van der Waals surface area (Å²) in [6, 6.07) is 20.7. The quantitative estimate of drug-likeness (QED) is 0.487. The molecule has 1 radical (unpaired) electrons. The first-order valence-electron chi connectivity index (χ1n) is 6.69. The van der Waals surface area contributed by atoms with Gasteiger partial charge in [-0.15, -0.1) is 35.9 Å². The van der Waals surface area contributed by atoms with E-state index in [1.54, 1.807) is 0 Å². The van der Waals surface area contributed by atoms with Crippen LogP contribution in [0.3, 0.4) is 0 Å². The van der Waals surface area contributed by atoms with E-state index in [-0.39, 0.29) is 20.1 Å². The monoisotopic (exact) mass is 462 g/mol. The molecule has 0 saturated carbocycles. The Hall–Kier alpha value is -2.27. The van der Waals surface area contributed by atoms with Crippen LogP contribution >= 0.6 is 0 Å². The van der Waals surface area contributed by atoms with Crippen molar-refractivity contribution in [3.63, 3.8) is 0 Å². The maximum atomic E-state index is 7.11. The molecule has 2 aromatic carbocycles. The van der Waals surface area contributed by atoms with Crippen LogP contribution in [0.2, 0.25) is 0 Å². The normalized spacial score (nSPS) is 9.64. The molecule has 3 rings (SSSR count). The third-order valence-electron chi connectivity index (χ3n) is 3.38. The van der Waals surface area contributed by atoms with E-state index in [0.717, 1.165) is 27.9 Å². The summed E-state index contributed by atoms with van der Waals surface area (Å²) in [4.78, 5) is 8.01. The molecule has 0 aliphatic rings. The van der Waals surface area contributed by atoms with E-state index >= 15 is 0 Å². The van der Waals surface area contributed by atoms with Crippen LogP contribution in [0.5, 0.6) is 0 Å². The summed E-state index contributed by atoms with van der Waals surface area (Å²) in [5.41, 5.74) is 5.77. The number of benzene rings is 2. The van der Waals surface area contributed by atoms with Gasteiger partial charge in [0.15, 0.2) is 5.69 Å². The largest absolute Gasteiger partial charge is 0.304 e. The SMILES string of the molecule is [C-]#[N+]c1cccc(-c2cnc(-c3[c-]cccc3)cc2C)c1.[Ir]. The topological polar surface area (TPSA) is 17.2 Å². The molecule has 109 valence electrons. The van der Waals surface area contributed by atoms with Crippen molar-refractivity contribution in [2.24, 2.45) is 0 Å². The maximum Gasteiger partial charge on any atom is 0.187 e. The molecular weight excluding hydrogens is 448 g/mol. The van der Waals surface area contributed by atoms with Gasteiger partial charge >= 0.3 is 0 Å². The smallest absolute Gasteiger partial charge is 0.187 e. The zero-order valence-electron chi connectivity index (χ0n) is 12.0. The minimum Gasteiger partial charge on any atom is -0.304 e. The predicted molar refractivity (Wildman–Crippen MR) is 84.9 cm³/mol. The second-order valence-corrected chi connectivity index (χ2v) is 4.82. The number of nitrogens with zero attached hydrogens (tertiary/aromatic N) is 2. The standard InChI is InChI=1S/C19H13N2.Ir/c1-14-11-19(15-7-4-3-5-8-15)21-13-18(14)16-9-6-10-17(12-16)20-2;/h3-7,9-13H,1H3;/q-1;. The molecule has 22 heavy (non-hydrogen) atoms. The van der Waals surface area contributed by atoms with Gasteiger partial charge in [-0.25, -0.2) is 4.85 Å². The van der Waals surface area contributed by atoms with Gasteiger partial charge in [-0.1, -0.05) is 24.3 Å². The summed E-state index contributed by atoms with van der Waals surface area (Å²) in [6.45, 7) is 9.17. The van der Waals surface area contributed by atoms with Crippen molar-refractivity contribution in [2.45, 2.75) is 6.92 Å². The van der Waals surface area contributed by atoms with Crippen molar-refractivity contribution in [3.05, 3.63) is 83.8 Å². The van der Waals surface area contributed by atoms with Gasteiger partial charge in [-0.05, 0) is 35.4 Å². The van der Waals surface area contributed by atoms with Gasteiger partial charge in [0.05, 0.1) is 6.57 Å². The van der Waals surface area contributed by atoms with E-state index in [1.165, 1.54) is 0 Å². The zero-order valence-corrected chi connectivity index (χ0v) is 14.4. The van der Waals surface area contributed by atoms with Gasteiger partial charge in [0.1, 0.15) is 0 Å². The van der Waals surface area contributed by atoms with Crippen molar-refractivity contribution in [2.75, 3.05) is 0 Å². The maximum absolute atomic E-state index is 7.11. The van der Waals surface area contributed by atoms with Gasteiger partial charge in [0.2, 0.25) is 0 Å². The Morgan fingerprint density at radius 3 is 2.64 bits per heavy atom. The Bertz CT molecular complexity index is 820. The summed E-state index contributed by atoms with van der Waals surface area (Å²) in [5.74, 6) is 0. The van der Waals surface area contributed by atoms with E-state index in [2.05, 4.69) is 28.9 Å². The van der Waals surface area contributed by atoms with Gasteiger partial charge in [-0.2, -0.15) is 0 Å². The van der Waals surface area contributed by atoms with Crippen LogP contribution in [0.25, 0.3) is 27.2 Å². The minimum atomic E-state index is 0. The number of hydrogen-bond acceptors (Lipinski definition) is 1. The molecule has 0 aliphatic carbocycles. The third-order valence-corrected chi connectivity index (χ3v) is 3.38. The Morgan fingerprint density at radius 2 is 1.95 bits per heavy atom. The summed E-state index contributed by atoms with van der Waals surface area (Å²) in [6.07, 6.45) is 1.87. The molecule has 3 aromatic rings. The average Bonchev–Trinajstić information content (AvgIpc) is 2.55. The Kier molecular flexibility index (Phi) is 5.22. The van der Waals surface area contributed by atoms with E-state index < -0.39 is 0 Å². The number of rotatable bonds is 2. The molecule has 0 aliphatic heterocycles. The Morgan fingerprint density at radius 1 is 1.09 bits per heavy atom. The van der Waals surface area contributed by atoms with E-state index in [0.29, 0.717) is 5.69 Å². The fourth-order valence-electron chi connectivity index (χ4n) is 2.30. The molecule has 0 saturated heterocycles. The van der Waals surface area contributed by atoms with E-state index in [4.69, 9.17) is 6.57 Å². The first kappa shape index (κ1) is 16.1. The van der Waals surface area contributed by atoms with Gasteiger partial charge in [0, 0.05) is 26.3 Å². The first-order valence-corrected chi connectivity index (χ1v) is 6.69. The molecule has 0 bridgehead atoms. The molecule has 0 amide bonds. The van der Waals surface area contributed by atoms with Crippen LogP contribution in [-0.2, 0) is 20.1 Å². The summed E-state index contributed by atoms with van der Waals surface area (Å²) >= 11 is 0. The molecule has 0 N–H and O–H groups in total. The molecule has 0 spiro atoms. The number of aryl methyl sites for hydroxylation is 1. The van der Waals surface area contributed by atoms with Crippen molar-refractivity contribution < 1.29 is 20.1 Å². The summed E-state index contributed by atoms with van der Waals surface area (Å²) < 4.78 is 0. The van der Waals surface area contributed by atoms with Gasteiger partial charge < -0.3 is 4.98 Å². The van der Waals surface area contributed by atoms with Crippen LogP contribution in [0.1, 0.15) is 5.56 Å². The third kappa shape index (κ3) is 3.31. The fourth-order valence-corrected chi connectivity index (χ4v) is 2.30. The second kappa shape index (κ2) is 7.13. The number of hydrogen-bond donors (Lipinski definition) is 0. The Labute approximate surface area is 144 Å². The van der Waals surface area contributed by atoms with E-state index in [9.17, 15) is 0 Å².